The number of ether oxygens (including phenoxy) is 1. The van der Waals surface area contributed by atoms with Crippen molar-refractivity contribution >= 4 is 31.9 Å². The zero-order valence-corrected chi connectivity index (χ0v) is 10.6. The Bertz CT molecular complexity index is 247. The molecule has 0 radical (unpaired) electrons. The summed E-state index contributed by atoms with van der Waals surface area (Å²) in [6.07, 6.45) is -7.45. The average Bonchev–Trinajstić information content (AvgIpc) is 2.21. The normalized spacial score (nSPS) is 47.6. The van der Waals surface area contributed by atoms with Crippen LogP contribution in [0.2, 0.25) is 0 Å². The van der Waals surface area contributed by atoms with Gasteiger partial charge >= 0.3 is 12.2 Å². The van der Waals surface area contributed by atoms with E-state index in [4.69, 9.17) is 0 Å². The molecule has 1 aliphatic heterocycles. The monoisotopic (exact) mass is 354 g/mol. The van der Waals surface area contributed by atoms with E-state index in [1.165, 1.54) is 0 Å². The maximum absolute atomic E-state index is 13.1. The average molecular weight is 356 g/mol. The van der Waals surface area contributed by atoms with E-state index in [0.29, 0.717) is 0 Å². The van der Waals surface area contributed by atoms with Gasteiger partial charge in [-0.25, -0.2) is 0 Å². The van der Waals surface area contributed by atoms with Crippen molar-refractivity contribution < 1.29 is 22.3 Å². The highest BCUT2D eigenvalue weighted by atomic mass is 79.9. The van der Waals surface area contributed by atoms with E-state index in [1.807, 2.05) is 0 Å². The lowest BCUT2D eigenvalue weighted by molar-refractivity contribution is -0.341. The molecule has 1 saturated heterocycles. The molecule has 0 unspecified atom stereocenters. The minimum Gasteiger partial charge on any atom is -0.255 e. The van der Waals surface area contributed by atoms with Crippen molar-refractivity contribution in [1.29, 1.82) is 0 Å². The Hall–Kier alpha value is 0.640. The Morgan fingerprint density at radius 2 is 1.20 bits per heavy atom. The third-order valence-electron chi connectivity index (χ3n) is 2.97. The van der Waals surface area contributed by atoms with Crippen LogP contribution >= 0.6 is 31.9 Å². The van der Waals surface area contributed by atoms with Gasteiger partial charge in [0.15, 0.2) is 0 Å². The fourth-order valence-electron chi connectivity index (χ4n) is 2.18. The van der Waals surface area contributed by atoms with Gasteiger partial charge in [-0.3, -0.25) is 4.74 Å². The van der Waals surface area contributed by atoms with Crippen molar-refractivity contribution in [2.24, 2.45) is 11.8 Å². The van der Waals surface area contributed by atoms with Gasteiger partial charge in [0, 0.05) is 9.65 Å². The van der Waals surface area contributed by atoms with Gasteiger partial charge in [0.05, 0.1) is 11.8 Å². The first-order valence-electron chi connectivity index (χ1n) is 4.48. The van der Waals surface area contributed by atoms with E-state index < -0.39 is 24.1 Å². The van der Waals surface area contributed by atoms with Crippen LogP contribution in [0.5, 0.6) is 0 Å². The second kappa shape index (κ2) is 3.57. The van der Waals surface area contributed by atoms with Crippen LogP contribution in [0.25, 0.3) is 0 Å². The quantitative estimate of drug-likeness (QED) is 0.475. The van der Waals surface area contributed by atoms with Crippen LogP contribution in [-0.2, 0) is 4.74 Å². The molecule has 4 atom stereocenters. The molecule has 1 heterocycles. The lowest BCUT2D eigenvalue weighted by Crippen LogP contribution is -2.39. The molecule has 0 aromatic heterocycles. The van der Waals surface area contributed by atoms with E-state index in [1.54, 1.807) is 0 Å². The van der Waals surface area contributed by atoms with Gasteiger partial charge in [-0.15, -0.1) is 0 Å². The summed E-state index contributed by atoms with van der Waals surface area (Å²) in [4.78, 5) is -0.441. The van der Waals surface area contributed by atoms with Crippen LogP contribution < -0.4 is 0 Å². The summed E-state index contributed by atoms with van der Waals surface area (Å²) in [5.41, 5.74) is 0. The lowest BCUT2D eigenvalue weighted by Gasteiger charge is -2.33. The summed E-state index contributed by atoms with van der Waals surface area (Å²) in [5.74, 6) is -2.80. The third-order valence-corrected chi connectivity index (χ3v) is 5.71. The summed E-state index contributed by atoms with van der Waals surface area (Å²) in [7, 11) is 0. The van der Waals surface area contributed by atoms with Crippen LogP contribution in [0.1, 0.15) is 12.8 Å². The lowest BCUT2D eigenvalue weighted by atomic mass is 9.79. The van der Waals surface area contributed by atoms with Gasteiger partial charge in [0.1, 0.15) is 0 Å². The summed E-state index contributed by atoms with van der Waals surface area (Å²) in [6, 6.07) is 0. The first-order chi connectivity index (χ1) is 6.74. The maximum Gasteiger partial charge on any atom is 0.363 e. The number of fused-ring (bicyclic) bond motifs is 1. The predicted octanol–water partition coefficient (Wildman–Crippen LogP) is 3.76. The van der Waals surface area contributed by atoms with Crippen molar-refractivity contribution in [3.63, 3.8) is 0 Å². The Labute approximate surface area is 101 Å². The molecule has 2 rings (SSSR count). The summed E-state index contributed by atoms with van der Waals surface area (Å²) in [6.45, 7) is 0. The van der Waals surface area contributed by atoms with E-state index in [9.17, 15) is 17.6 Å². The summed E-state index contributed by atoms with van der Waals surface area (Å²) >= 11 is 6.40. The zero-order chi connectivity index (χ0) is 11.4. The van der Waals surface area contributed by atoms with Crippen LogP contribution in [0.15, 0.2) is 0 Å². The van der Waals surface area contributed by atoms with Crippen LogP contribution in [-0.4, -0.2) is 21.9 Å². The highest BCUT2D eigenvalue weighted by Gasteiger charge is 2.68. The fraction of sp³-hybridized carbons (Fsp3) is 1.00. The van der Waals surface area contributed by atoms with Crippen molar-refractivity contribution in [3.8, 4) is 0 Å². The molecule has 1 aliphatic carbocycles. The SMILES string of the molecule is FC1(F)OC(F)(F)[C@H]2C[C@@H](Br)[C@H](Br)C[C@H]21. The molecule has 0 aromatic carbocycles. The molecular formula is C8H8Br2F4O. The molecular weight excluding hydrogens is 348 g/mol. The van der Waals surface area contributed by atoms with Crippen LogP contribution in [0, 0.1) is 11.8 Å². The molecule has 2 fully saturated rings. The number of alkyl halides is 6. The molecule has 0 N–H and O–H groups in total. The van der Waals surface area contributed by atoms with Gasteiger partial charge in [-0.05, 0) is 12.8 Å². The predicted molar refractivity (Wildman–Crippen MR) is 52.6 cm³/mol. The number of halogens is 6. The van der Waals surface area contributed by atoms with Gasteiger partial charge in [-0.1, -0.05) is 31.9 Å². The van der Waals surface area contributed by atoms with Gasteiger partial charge in [-0.2, -0.15) is 17.6 Å². The Balaban J connectivity index is 2.26. The van der Waals surface area contributed by atoms with E-state index >= 15 is 0 Å². The minimum absolute atomic E-state index is 0.0107. The Morgan fingerprint density at radius 3 is 1.53 bits per heavy atom. The van der Waals surface area contributed by atoms with Crippen molar-refractivity contribution in [3.05, 3.63) is 0 Å². The molecule has 15 heavy (non-hydrogen) atoms. The highest BCUT2D eigenvalue weighted by molar-refractivity contribution is 9.12. The van der Waals surface area contributed by atoms with Gasteiger partial charge in [0.25, 0.3) is 0 Å². The first-order valence-corrected chi connectivity index (χ1v) is 6.31. The standard InChI is InChI=1S/C8H8Br2F4O/c9-5-1-3-4(2-6(5)10)8(13,14)15-7(3,11)12/h3-6H,1-2H2/t3-,4+,5-,6-/m1/s1. The smallest absolute Gasteiger partial charge is 0.255 e. The number of hydrogen-bond donors (Lipinski definition) is 0. The Kier molecular flexibility index (Phi) is 2.88. The van der Waals surface area contributed by atoms with Gasteiger partial charge < -0.3 is 0 Å². The molecule has 0 bridgehead atoms. The highest BCUT2D eigenvalue weighted by Crippen LogP contribution is 2.57. The van der Waals surface area contributed by atoms with Crippen molar-refractivity contribution in [1.82, 2.24) is 0 Å². The largest absolute Gasteiger partial charge is 0.363 e. The molecule has 0 aromatic rings. The number of rotatable bonds is 0. The summed E-state index contributed by atoms with van der Waals surface area (Å²) < 4.78 is 56.1. The topological polar surface area (TPSA) is 9.23 Å². The first kappa shape index (κ1) is 12.1. The van der Waals surface area contributed by atoms with Crippen LogP contribution in [0.4, 0.5) is 17.6 Å². The summed E-state index contributed by atoms with van der Waals surface area (Å²) in [5, 5.41) is 0. The fourth-order valence-corrected chi connectivity index (χ4v) is 3.42. The molecule has 0 spiro atoms. The molecule has 88 valence electrons. The molecule has 1 nitrogen and oxygen atoms in total. The molecule has 0 amide bonds. The molecule has 2 aliphatic rings. The van der Waals surface area contributed by atoms with E-state index in [-0.39, 0.29) is 22.5 Å². The van der Waals surface area contributed by atoms with Crippen molar-refractivity contribution in [2.75, 3.05) is 0 Å². The molecule has 1 saturated carbocycles. The Morgan fingerprint density at radius 1 is 0.867 bits per heavy atom. The van der Waals surface area contributed by atoms with E-state index in [2.05, 4.69) is 36.6 Å². The van der Waals surface area contributed by atoms with Crippen LogP contribution in [0.3, 0.4) is 0 Å². The van der Waals surface area contributed by atoms with Crippen molar-refractivity contribution in [2.45, 2.75) is 34.7 Å². The second-order valence-electron chi connectivity index (χ2n) is 3.94. The van der Waals surface area contributed by atoms with Gasteiger partial charge in [0.2, 0.25) is 0 Å². The second-order valence-corrected chi connectivity index (χ2v) is 6.29. The minimum atomic E-state index is -3.71. The molecule has 7 heteroatoms. The zero-order valence-electron chi connectivity index (χ0n) is 7.40. The maximum atomic E-state index is 13.1. The third kappa shape index (κ3) is 1.95. The van der Waals surface area contributed by atoms with E-state index in [0.717, 1.165) is 0 Å². The number of hydrogen-bond acceptors (Lipinski definition) is 1.